The molecule has 1 aliphatic rings. The van der Waals surface area contributed by atoms with Crippen LogP contribution in [0.25, 0.3) is 0 Å². The van der Waals surface area contributed by atoms with Crippen molar-refractivity contribution in [2.45, 2.75) is 25.9 Å². The van der Waals surface area contributed by atoms with Crippen molar-refractivity contribution in [3.05, 3.63) is 29.8 Å². The van der Waals surface area contributed by atoms with Crippen LogP contribution in [-0.4, -0.2) is 30.4 Å². The predicted octanol–water partition coefficient (Wildman–Crippen LogP) is 2.58. The molecule has 1 N–H and O–H groups in total. The lowest BCUT2D eigenvalue weighted by atomic mass is 9.95. The Morgan fingerprint density at radius 1 is 1.44 bits per heavy atom. The van der Waals surface area contributed by atoms with Gasteiger partial charge < -0.3 is 14.6 Å². The molecule has 0 saturated carbocycles. The summed E-state index contributed by atoms with van der Waals surface area (Å²) in [5, 5.41) is 8.92. The zero-order chi connectivity index (χ0) is 13.0. The molecule has 0 aliphatic carbocycles. The molecule has 1 aliphatic heterocycles. The zero-order valence-corrected chi connectivity index (χ0v) is 10.5. The normalized spacial score (nSPS) is 18.3. The average molecular weight is 250 g/mol. The third-order valence-corrected chi connectivity index (χ3v) is 3.33. The van der Waals surface area contributed by atoms with E-state index in [1.54, 1.807) is 24.3 Å². The van der Waals surface area contributed by atoms with E-state index in [1.165, 1.54) is 0 Å². The average Bonchev–Trinajstić information content (AvgIpc) is 2.40. The summed E-state index contributed by atoms with van der Waals surface area (Å²) in [4.78, 5) is 10.9. The van der Waals surface area contributed by atoms with Crippen molar-refractivity contribution in [1.29, 1.82) is 0 Å². The van der Waals surface area contributed by atoms with E-state index in [-0.39, 0.29) is 11.7 Å². The highest BCUT2D eigenvalue weighted by Crippen LogP contribution is 2.23. The summed E-state index contributed by atoms with van der Waals surface area (Å²) >= 11 is 0. The van der Waals surface area contributed by atoms with Crippen molar-refractivity contribution in [3.63, 3.8) is 0 Å². The first-order valence-corrected chi connectivity index (χ1v) is 6.24. The predicted molar refractivity (Wildman–Crippen MR) is 67.0 cm³/mol. The van der Waals surface area contributed by atoms with Gasteiger partial charge in [-0.1, -0.05) is 6.07 Å². The number of carbonyl (C=O) groups is 1. The van der Waals surface area contributed by atoms with Crippen LogP contribution < -0.4 is 4.74 Å². The Kier molecular flexibility index (Phi) is 4.20. The van der Waals surface area contributed by atoms with Gasteiger partial charge >= 0.3 is 5.97 Å². The molecule has 98 valence electrons. The molecule has 1 aromatic rings. The van der Waals surface area contributed by atoms with Crippen LogP contribution in [0.15, 0.2) is 24.3 Å². The van der Waals surface area contributed by atoms with Crippen molar-refractivity contribution in [2.24, 2.45) is 5.92 Å². The molecule has 0 radical (unpaired) electrons. The summed E-state index contributed by atoms with van der Waals surface area (Å²) in [5.41, 5.74) is 0.256. The Labute approximate surface area is 107 Å². The van der Waals surface area contributed by atoms with Gasteiger partial charge in [-0.3, -0.25) is 0 Å². The van der Waals surface area contributed by atoms with Crippen molar-refractivity contribution in [1.82, 2.24) is 0 Å². The van der Waals surface area contributed by atoms with Crippen LogP contribution in [0.3, 0.4) is 0 Å². The largest absolute Gasteiger partial charge is 0.490 e. The number of rotatable bonds is 4. The van der Waals surface area contributed by atoms with Gasteiger partial charge in [-0.25, -0.2) is 4.79 Å². The SMILES string of the molecule is CC(Oc1cccc(C(=O)O)c1)C1CCOCC1. The van der Waals surface area contributed by atoms with Crippen molar-refractivity contribution in [3.8, 4) is 5.75 Å². The smallest absolute Gasteiger partial charge is 0.335 e. The number of carboxylic acids is 1. The Morgan fingerprint density at radius 3 is 2.83 bits per heavy atom. The molecule has 4 nitrogen and oxygen atoms in total. The van der Waals surface area contributed by atoms with E-state index in [0.29, 0.717) is 11.7 Å². The first-order chi connectivity index (χ1) is 8.66. The fourth-order valence-corrected chi connectivity index (χ4v) is 2.20. The highest BCUT2D eigenvalue weighted by molar-refractivity contribution is 5.87. The lowest BCUT2D eigenvalue weighted by Gasteiger charge is -2.28. The second kappa shape index (κ2) is 5.87. The first-order valence-electron chi connectivity index (χ1n) is 6.24. The molecule has 1 fully saturated rings. The maximum absolute atomic E-state index is 10.9. The van der Waals surface area contributed by atoms with E-state index in [4.69, 9.17) is 14.6 Å². The third kappa shape index (κ3) is 3.23. The molecule has 1 heterocycles. The number of benzene rings is 1. The van der Waals surface area contributed by atoms with Gasteiger partial charge in [-0.2, -0.15) is 0 Å². The maximum Gasteiger partial charge on any atom is 0.335 e. The van der Waals surface area contributed by atoms with Crippen molar-refractivity contribution < 1.29 is 19.4 Å². The van der Waals surface area contributed by atoms with Gasteiger partial charge in [-0.05, 0) is 43.9 Å². The van der Waals surface area contributed by atoms with Crippen LogP contribution >= 0.6 is 0 Å². The zero-order valence-electron chi connectivity index (χ0n) is 10.5. The lowest BCUT2D eigenvalue weighted by molar-refractivity contribution is 0.0239. The lowest BCUT2D eigenvalue weighted by Crippen LogP contribution is -2.29. The summed E-state index contributed by atoms with van der Waals surface area (Å²) in [5.74, 6) is 0.167. The van der Waals surface area contributed by atoms with Crippen LogP contribution in [0.5, 0.6) is 5.75 Å². The molecule has 1 atom stereocenters. The first kappa shape index (κ1) is 12.9. The highest BCUT2D eigenvalue weighted by Gasteiger charge is 2.22. The molecular weight excluding hydrogens is 232 g/mol. The summed E-state index contributed by atoms with van der Waals surface area (Å²) in [7, 11) is 0. The van der Waals surface area contributed by atoms with Crippen molar-refractivity contribution >= 4 is 5.97 Å². The molecule has 4 heteroatoms. The third-order valence-electron chi connectivity index (χ3n) is 3.33. The van der Waals surface area contributed by atoms with Gasteiger partial charge in [0.1, 0.15) is 5.75 Å². The van der Waals surface area contributed by atoms with Crippen LogP contribution in [0.1, 0.15) is 30.1 Å². The van der Waals surface area contributed by atoms with E-state index >= 15 is 0 Å². The van der Waals surface area contributed by atoms with Crippen LogP contribution in [0, 0.1) is 5.92 Å². The Morgan fingerprint density at radius 2 is 2.17 bits per heavy atom. The summed E-state index contributed by atoms with van der Waals surface area (Å²) in [6.45, 7) is 3.60. The van der Waals surface area contributed by atoms with Crippen molar-refractivity contribution in [2.75, 3.05) is 13.2 Å². The quantitative estimate of drug-likeness (QED) is 0.892. The van der Waals surface area contributed by atoms with E-state index in [9.17, 15) is 4.79 Å². The van der Waals surface area contributed by atoms with Crippen LogP contribution in [0.2, 0.25) is 0 Å². The number of hydrogen-bond acceptors (Lipinski definition) is 3. The fraction of sp³-hybridized carbons (Fsp3) is 0.500. The molecule has 0 amide bonds. The van der Waals surface area contributed by atoms with E-state index in [2.05, 4.69) is 0 Å². The van der Waals surface area contributed by atoms with Crippen LogP contribution in [-0.2, 0) is 4.74 Å². The van der Waals surface area contributed by atoms with E-state index < -0.39 is 5.97 Å². The minimum absolute atomic E-state index is 0.0814. The van der Waals surface area contributed by atoms with Gasteiger partial charge in [0.15, 0.2) is 0 Å². The number of carboxylic acid groups (broad SMARTS) is 1. The maximum atomic E-state index is 10.9. The fourth-order valence-electron chi connectivity index (χ4n) is 2.20. The number of hydrogen-bond donors (Lipinski definition) is 1. The van der Waals surface area contributed by atoms with Crippen LogP contribution in [0.4, 0.5) is 0 Å². The molecule has 18 heavy (non-hydrogen) atoms. The van der Waals surface area contributed by atoms with E-state index in [0.717, 1.165) is 26.1 Å². The number of aromatic carboxylic acids is 1. The van der Waals surface area contributed by atoms with Gasteiger partial charge in [0.2, 0.25) is 0 Å². The van der Waals surface area contributed by atoms with Gasteiger partial charge in [0, 0.05) is 13.2 Å². The highest BCUT2D eigenvalue weighted by atomic mass is 16.5. The molecule has 1 saturated heterocycles. The summed E-state index contributed by atoms with van der Waals surface area (Å²) in [6, 6.07) is 6.63. The summed E-state index contributed by atoms with van der Waals surface area (Å²) < 4.78 is 11.1. The van der Waals surface area contributed by atoms with Gasteiger partial charge in [0.25, 0.3) is 0 Å². The van der Waals surface area contributed by atoms with E-state index in [1.807, 2.05) is 6.92 Å². The molecule has 1 aromatic carbocycles. The molecular formula is C14H18O4. The Bertz CT molecular complexity index is 410. The second-order valence-electron chi connectivity index (χ2n) is 4.61. The monoisotopic (exact) mass is 250 g/mol. The Hall–Kier alpha value is -1.55. The van der Waals surface area contributed by atoms with Gasteiger partial charge in [-0.15, -0.1) is 0 Å². The topological polar surface area (TPSA) is 55.8 Å². The van der Waals surface area contributed by atoms with Gasteiger partial charge in [0.05, 0.1) is 11.7 Å². The molecule has 1 unspecified atom stereocenters. The second-order valence-corrected chi connectivity index (χ2v) is 4.61. The number of ether oxygens (including phenoxy) is 2. The minimum Gasteiger partial charge on any atom is -0.490 e. The minimum atomic E-state index is -0.931. The Balaban J connectivity index is 1.99. The molecule has 0 aromatic heterocycles. The molecule has 0 bridgehead atoms. The molecule has 2 rings (SSSR count). The molecule has 0 spiro atoms. The summed E-state index contributed by atoms with van der Waals surface area (Å²) in [6.07, 6.45) is 2.08. The standard InChI is InChI=1S/C14H18O4/c1-10(11-5-7-17-8-6-11)18-13-4-2-3-12(9-13)14(15)16/h2-4,9-11H,5-8H2,1H3,(H,15,16).